The maximum Gasteiger partial charge on any atom is 0.343 e. The largest absolute Gasteiger partial charge is 0.421 e. The van der Waals surface area contributed by atoms with Gasteiger partial charge in [0.05, 0.1) is 11.1 Å². The van der Waals surface area contributed by atoms with Gasteiger partial charge in [0.2, 0.25) is 0 Å². The minimum atomic E-state index is -0.677. The molecule has 0 aliphatic heterocycles. The number of anilines is 2. The van der Waals surface area contributed by atoms with Crippen molar-refractivity contribution in [3.8, 4) is 17.9 Å². The number of ether oxygens (including phenoxy) is 1. The van der Waals surface area contributed by atoms with Crippen molar-refractivity contribution in [2.75, 3.05) is 11.5 Å². The Morgan fingerprint density at radius 2 is 1.68 bits per heavy atom. The summed E-state index contributed by atoms with van der Waals surface area (Å²) in [6.45, 7) is 2.21. The van der Waals surface area contributed by atoms with Crippen LogP contribution >= 0.6 is 0 Å². The van der Waals surface area contributed by atoms with E-state index in [1.54, 1.807) is 6.07 Å². The number of esters is 1. The highest BCUT2D eigenvalue weighted by Gasteiger charge is 2.26. The molecule has 0 radical (unpaired) electrons. The second-order valence-electron chi connectivity index (χ2n) is 8.26. The van der Waals surface area contributed by atoms with Gasteiger partial charge >= 0.3 is 5.97 Å². The van der Waals surface area contributed by atoms with E-state index < -0.39 is 5.97 Å². The van der Waals surface area contributed by atoms with Crippen molar-refractivity contribution in [1.82, 2.24) is 0 Å². The van der Waals surface area contributed by atoms with E-state index in [4.69, 9.17) is 16.2 Å². The lowest BCUT2D eigenvalue weighted by Gasteiger charge is -2.29. The molecule has 1 aliphatic rings. The Kier molecular flexibility index (Phi) is 7.15. The molecule has 0 atom stereocenters. The van der Waals surface area contributed by atoms with Gasteiger partial charge in [0.25, 0.3) is 0 Å². The van der Waals surface area contributed by atoms with Gasteiger partial charge in [-0.1, -0.05) is 32.3 Å². The fraction of sp³-hybridized carbons (Fsp3) is 0.400. The Morgan fingerprint density at radius 3 is 2.26 bits per heavy atom. The quantitative estimate of drug-likeness (QED) is 0.375. The summed E-state index contributed by atoms with van der Waals surface area (Å²) in [4.78, 5) is 12.6. The van der Waals surface area contributed by atoms with Crippen LogP contribution < -0.4 is 16.2 Å². The third kappa shape index (κ3) is 5.16. The van der Waals surface area contributed by atoms with Gasteiger partial charge in [-0.2, -0.15) is 10.5 Å². The van der Waals surface area contributed by atoms with E-state index in [1.807, 2.05) is 6.07 Å². The normalized spacial score (nSPS) is 18.0. The average molecular weight is 417 g/mol. The van der Waals surface area contributed by atoms with Crippen molar-refractivity contribution in [2.24, 2.45) is 5.92 Å². The molecule has 31 heavy (non-hydrogen) atoms. The van der Waals surface area contributed by atoms with Crippen LogP contribution in [0.15, 0.2) is 30.3 Å². The van der Waals surface area contributed by atoms with E-state index in [2.05, 4.69) is 19.1 Å². The summed E-state index contributed by atoms with van der Waals surface area (Å²) in [5.74, 6) is 0.398. The number of benzene rings is 2. The summed E-state index contributed by atoms with van der Waals surface area (Å²) >= 11 is 0. The lowest BCUT2D eigenvalue weighted by atomic mass is 9.75. The third-order valence-electron chi connectivity index (χ3n) is 6.09. The van der Waals surface area contributed by atoms with Gasteiger partial charge < -0.3 is 16.2 Å². The number of nitrogens with zero attached hydrogens (tertiary/aromatic N) is 2. The molecular formula is C25H28N4O2. The Labute approximate surface area is 183 Å². The van der Waals surface area contributed by atoms with Crippen molar-refractivity contribution in [3.63, 3.8) is 0 Å². The van der Waals surface area contributed by atoms with Crippen LogP contribution in [0.5, 0.6) is 5.75 Å². The van der Waals surface area contributed by atoms with Crippen molar-refractivity contribution in [1.29, 1.82) is 10.5 Å². The van der Waals surface area contributed by atoms with Crippen LogP contribution in [0.2, 0.25) is 0 Å². The van der Waals surface area contributed by atoms with E-state index in [1.165, 1.54) is 37.5 Å². The van der Waals surface area contributed by atoms with E-state index in [9.17, 15) is 15.3 Å². The highest BCUT2D eigenvalue weighted by molar-refractivity contribution is 5.93. The minimum absolute atomic E-state index is 0.0745. The molecule has 0 amide bonds. The van der Waals surface area contributed by atoms with E-state index >= 15 is 0 Å². The van der Waals surface area contributed by atoms with E-state index in [-0.39, 0.29) is 22.8 Å². The number of nitrogen functional groups attached to an aromatic ring is 2. The van der Waals surface area contributed by atoms with Gasteiger partial charge in [-0.25, -0.2) is 4.79 Å². The average Bonchev–Trinajstić information content (AvgIpc) is 2.77. The molecule has 0 bridgehead atoms. The Morgan fingerprint density at radius 1 is 1.03 bits per heavy atom. The van der Waals surface area contributed by atoms with Gasteiger partial charge in [0.1, 0.15) is 23.5 Å². The molecule has 0 heterocycles. The molecule has 2 aromatic carbocycles. The molecule has 160 valence electrons. The molecule has 1 aliphatic carbocycles. The predicted octanol–water partition coefficient (Wildman–Crippen LogP) is 5.28. The molecule has 0 saturated heterocycles. The molecule has 2 aromatic rings. The first-order valence-electron chi connectivity index (χ1n) is 10.8. The van der Waals surface area contributed by atoms with Crippen molar-refractivity contribution >= 4 is 17.3 Å². The van der Waals surface area contributed by atoms with Gasteiger partial charge in [-0.3, -0.25) is 0 Å². The topological polar surface area (TPSA) is 126 Å². The monoisotopic (exact) mass is 416 g/mol. The highest BCUT2D eigenvalue weighted by atomic mass is 16.5. The first kappa shape index (κ1) is 22.2. The summed E-state index contributed by atoms with van der Waals surface area (Å²) < 4.78 is 5.45. The lowest BCUT2D eigenvalue weighted by molar-refractivity contribution is 0.0734. The number of carbonyl (C=O) groups is 1. The molecule has 6 heteroatoms. The number of carbonyl (C=O) groups excluding carboxylic acids is 1. The first-order valence-corrected chi connectivity index (χ1v) is 10.8. The van der Waals surface area contributed by atoms with Crippen LogP contribution in [0.4, 0.5) is 11.4 Å². The molecule has 3 rings (SSSR count). The second-order valence-corrected chi connectivity index (χ2v) is 8.26. The molecular weight excluding hydrogens is 388 g/mol. The zero-order valence-electron chi connectivity index (χ0n) is 17.9. The van der Waals surface area contributed by atoms with E-state index in [0.29, 0.717) is 16.9 Å². The molecule has 0 unspecified atom stereocenters. The summed E-state index contributed by atoms with van der Waals surface area (Å²) in [6.07, 6.45) is 8.05. The van der Waals surface area contributed by atoms with Gasteiger partial charge in [-0.05, 0) is 67.3 Å². The second kappa shape index (κ2) is 10.00. The third-order valence-corrected chi connectivity index (χ3v) is 6.09. The first-order chi connectivity index (χ1) is 15.0. The fourth-order valence-corrected chi connectivity index (χ4v) is 4.46. The zero-order valence-corrected chi connectivity index (χ0v) is 17.9. The smallest absolute Gasteiger partial charge is 0.343 e. The Balaban J connectivity index is 1.82. The maximum absolute atomic E-state index is 12.6. The van der Waals surface area contributed by atoms with Crippen LogP contribution in [0.25, 0.3) is 0 Å². The summed E-state index contributed by atoms with van der Waals surface area (Å²) in [7, 11) is 0. The zero-order chi connectivity index (χ0) is 22.4. The maximum atomic E-state index is 12.6. The Hall–Kier alpha value is -3.51. The number of nitrogens with two attached hydrogens (primary N) is 2. The van der Waals surface area contributed by atoms with E-state index in [0.717, 1.165) is 37.2 Å². The van der Waals surface area contributed by atoms with Crippen LogP contribution in [0.3, 0.4) is 0 Å². The van der Waals surface area contributed by atoms with Gasteiger partial charge in [-0.15, -0.1) is 0 Å². The summed E-state index contributed by atoms with van der Waals surface area (Å²) in [5, 5.41) is 19.5. The van der Waals surface area contributed by atoms with Crippen LogP contribution in [0.1, 0.15) is 84.8 Å². The summed E-state index contributed by atoms with van der Waals surface area (Å²) in [6, 6.07) is 12.1. The molecule has 0 spiro atoms. The lowest BCUT2D eigenvalue weighted by Crippen LogP contribution is -2.15. The standard InChI is InChI=1S/C25H28N4O2/c1-2-3-4-16-5-7-17(8-6-16)21-9-10-24(23(15-27)22(21)14-26)31-25(30)18-11-19(28)13-20(29)12-18/h9-13,16-17H,2-8,28-29H2,1H3. The number of rotatable bonds is 6. The molecule has 6 nitrogen and oxygen atoms in total. The Bertz CT molecular complexity index is 1020. The van der Waals surface area contributed by atoms with Gasteiger partial charge in [0, 0.05) is 11.4 Å². The predicted molar refractivity (Wildman–Crippen MR) is 120 cm³/mol. The SMILES string of the molecule is CCCCC1CCC(c2ccc(OC(=O)c3cc(N)cc(N)c3)c(C#N)c2C#N)CC1. The van der Waals surface area contributed by atoms with Crippen LogP contribution in [-0.2, 0) is 0 Å². The highest BCUT2D eigenvalue weighted by Crippen LogP contribution is 2.40. The molecule has 0 aromatic heterocycles. The van der Waals surface area contributed by atoms with Gasteiger partial charge in [0.15, 0.2) is 0 Å². The fourth-order valence-electron chi connectivity index (χ4n) is 4.46. The number of hydrogen-bond donors (Lipinski definition) is 2. The summed E-state index contributed by atoms with van der Waals surface area (Å²) in [5.41, 5.74) is 13.6. The minimum Gasteiger partial charge on any atom is -0.421 e. The molecule has 1 saturated carbocycles. The number of nitriles is 2. The molecule has 4 N–H and O–H groups in total. The van der Waals surface area contributed by atoms with Crippen LogP contribution in [0, 0.1) is 28.6 Å². The number of hydrogen-bond acceptors (Lipinski definition) is 6. The van der Waals surface area contributed by atoms with Crippen molar-refractivity contribution in [3.05, 3.63) is 52.6 Å². The van der Waals surface area contributed by atoms with Crippen LogP contribution in [-0.4, -0.2) is 5.97 Å². The molecule has 1 fully saturated rings. The van der Waals surface area contributed by atoms with Crippen molar-refractivity contribution in [2.45, 2.75) is 57.8 Å². The van der Waals surface area contributed by atoms with Crippen molar-refractivity contribution < 1.29 is 9.53 Å². The number of unbranched alkanes of at least 4 members (excludes halogenated alkanes) is 1.